The number of imide groups is 1. The van der Waals surface area contributed by atoms with E-state index in [4.69, 9.17) is 0 Å². The van der Waals surface area contributed by atoms with Crippen molar-refractivity contribution in [3.8, 4) is 0 Å². The van der Waals surface area contributed by atoms with Crippen LogP contribution < -0.4 is 0 Å². The Hall–Kier alpha value is -1.97. The van der Waals surface area contributed by atoms with Crippen molar-refractivity contribution in [3.05, 3.63) is 35.9 Å². The molecular formula is C14H15NO3. The standard InChI is InChI=1S/C14H15NO3/c1-14(2)8-11(16)15(13(18)12(14)17)9-10-6-4-3-5-7-10/h3-7H,8-9H2,1-2H3. The van der Waals surface area contributed by atoms with Crippen molar-refractivity contribution in [1.29, 1.82) is 0 Å². The van der Waals surface area contributed by atoms with E-state index in [1.807, 2.05) is 30.3 Å². The molecule has 0 unspecified atom stereocenters. The van der Waals surface area contributed by atoms with Crippen LogP contribution in [-0.2, 0) is 20.9 Å². The first kappa shape index (κ1) is 12.5. The molecule has 1 saturated heterocycles. The number of rotatable bonds is 2. The van der Waals surface area contributed by atoms with E-state index >= 15 is 0 Å². The number of carbonyl (C=O) groups is 3. The minimum atomic E-state index is -0.874. The van der Waals surface area contributed by atoms with Gasteiger partial charge in [-0.15, -0.1) is 0 Å². The van der Waals surface area contributed by atoms with Crippen molar-refractivity contribution < 1.29 is 14.4 Å². The Morgan fingerprint density at radius 2 is 1.72 bits per heavy atom. The van der Waals surface area contributed by atoms with E-state index in [0.717, 1.165) is 10.5 Å². The van der Waals surface area contributed by atoms with E-state index in [1.54, 1.807) is 13.8 Å². The molecule has 0 atom stereocenters. The number of nitrogens with zero attached hydrogens (tertiary/aromatic N) is 1. The highest BCUT2D eigenvalue weighted by Gasteiger charge is 2.45. The fourth-order valence-electron chi connectivity index (χ4n) is 2.01. The van der Waals surface area contributed by atoms with Crippen molar-refractivity contribution in [2.75, 3.05) is 0 Å². The topological polar surface area (TPSA) is 54.5 Å². The van der Waals surface area contributed by atoms with Gasteiger partial charge in [0.05, 0.1) is 6.54 Å². The molecule has 0 bridgehead atoms. The molecule has 4 nitrogen and oxygen atoms in total. The zero-order valence-electron chi connectivity index (χ0n) is 10.5. The lowest BCUT2D eigenvalue weighted by Crippen LogP contribution is -2.52. The van der Waals surface area contributed by atoms with Crippen LogP contribution in [0.5, 0.6) is 0 Å². The Balaban J connectivity index is 2.22. The quantitative estimate of drug-likeness (QED) is 0.586. The van der Waals surface area contributed by atoms with Crippen LogP contribution in [0.25, 0.3) is 0 Å². The second-order valence-corrected chi connectivity index (χ2v) is 5.16. The minimum Gasteiger partial charge on any atom is -0.288 e. The highest BCUT2D eigenvalue weighted by molar-refractivity contribution is 6.42. The number of ketones is 1. The number of benzene rings is 1. The van der Waals surface area contributed by atoms with Crippen LogP contribution in [0.2, 0.25) is 0 Å². The zero-order chi connectivity index (χ0) is 13.3. The van der Waals surface area contributed by atoms with Crippen LogP contribution >= 0.6 is 0 Å². The maximum absolute atomic E-state index is 11.9. The summed E-state index contributed by atoms with van der Waals surface area (Å²) in [5, 5.41) is 0. The van der Waals surface area contributed by atoms with Crippen LogP contribution in [0.4, 0.5) is 0 Å². The summed E-state index contributed by atoms with van der Waals surface area (Å²) in [5.74, 6) is -1.47. The predicted molar refractivity (Wildman–Crippen MR) is 65.4 cm³/mol. The fourth-order valence-corrected chi connectivity index (χ4v) is 2.01. The predicted octanol–water partition coefficient (Wildman–Crippen LogP) is 1.54. The summed E-state index contributed by atoms with van der Waals surface area (Å²) >= 11 is 0. The lowest BCUT2D eigenvalue weighted by molar-refractivity contribution is -0.162. The maximum atomic E-state index is 11.9. The highest BCUT2D eigenvalue weighted by atomic mass is 16.2. The molecule has 0 N–H and O–H groups in total. The van der Waals surface area contributed by atoms with Crippen molar-refractivity contribution in [3.63, 3.8) is 0 Å². The van der Waals surface area contributed by atoms with E-state index in [-0.39, 0.29) is 18.9 Å². The molecule has 0 saturated carbocycles. The Bertz CT molecular complexity index is 505. The molecule has 0 aliphatic carbocycles. The van der Waals surface area contributed by atoms with Gasteiger partial charge in [0.25, 0.3) is 5.91 Å². The van der Waals surface area contributed by atoms with Crippen molar-refractivity contribution in [2.24, 2.45) is 5.41 Å². The van der Waals surface area contributed by atoms with Gasteiger partial charge in [-0.25, -0.2) is 0 Å². The molecule has 0 spiro atoms. The van der Waals surface area contributed by atoms with Gasteiger partial charge in [0.15, 0.2) is 0 Å². The molecule has 94 valence electrons. The number of hydrogen-bond donors (Lipinski definition) is 0. The first-order valence-electron chi connectivity index (χ1n) is 5.85. The molecule has 1 aliphatic rings. The van der Waals surface area contributed by atoms with Crippen molar-refractivity contribution in [2.45, 2.75) is 26.8 Å². The monoisotopic (exact) mass is 245 g/mol. The van der Waals surface area contributed by atoms with E-state index < -0.39 is 17.1 Å². The second-order valence-electron chi connectivity index (χ2n) is 5.16. The third kappa shape index (κ3) is 2.18. The summed E-state index contributed by atoms with van der Waals surface area (Å²) < 4.78 is 0. The van der Waals surface area contributed by atoms with Gasteiger partial charge in [0, 0.05) is 11.8 Å². The lowest BCUT2D eigenvalue weighted by Gasteiger charge is -2.33. The number of likely N-dealkylation sites (tertiary alicyclic amines) is 1. The first-order chi connectivity index (χ1) is 8.42. The normalized spacial score (nSPS) is 19.2. The van der Waals surface area contributed by atoms with E-state index in [2.05, 4.69) is 0 Å². The molecule has 2 rings (SSSR count). The summed E-state index contributed by atoms with van der Waals surface area (Å²) in [7, 11) is 0. The van der Waals surface area contributed by atoms with E-state index in [1.165, 1.54) is 0 Å². The van der Waals surface area contributed by atoms with Crippen LogP contribution in [0.15, 0.2) is 30.3 Å². The minimum absolute atomic E-state index is 0.0877. The molecule has 1 heterocycles. The molecule has 18 heavy (non-hydrogen) atoms. The number of carbonyl (C=O) groups excluding carboxylic acids is 3. The third-order valence-electron chi connectivity index (χ3n) is 3.13. The average molecular weight is 245 g/mol. The van der Waals surface area contributed by atoms with Crippen LogP contribution in [0, 0.1) is 5.41 Å². The van der Waals surface area contributed by atoms with Crippen molar-refractivity contribution in [1.82, 2.24) is 4.90 Å². The Kier molecular flexibility index (Phi) is 3.03. The number of hydrogen-bond acceptors (Lipinski definition) is 3. The molecule has 1 aromatic rings. The molecular weight excluding hydrogens is 230 g/mol. The summed E-state index contributed by atoms with van der Waals surface area (Å²) in [6, 6.07) is 9.17. The van der Waals surface area contributed by atoms with Crippen LogP contribution in [0.1, 0.15) is 25.8 Å². The van der Waals surface area contributed by atoms with Crippen LogP contribution in [-0.4, -0.2) is 22.5 Å². The molecule has 1 aromatic carbocycles. The van der Waals surface area contributed by atoms with Gasteiger partial charge >= 0.3 is 0 Å². The molecule has 4 heteroatoms. The number of Topliss-reactive ketones (excluding diaryl/α,β-unsaturated/α-hetero) is 1. The molecule has 1 fully saturated rings. The lowest BCUT2D eigenvalue weighted by atomic mass is 9.80. The SMILES string of the molecule is CC1(C)CC(=O)N(Cc2ccccc2)C(=O)C1=O. The van der Waals surface area contributed by atoms with Gasteiger partial charge in [-0.1, -0.05) is 44.2 Å². The Morgan fingerprint density at radius 3 is 2.33 bits per heavy atom. The number of piperidine rings is 1. The van der Waals surface area contributed by atoms with Crippen molar-refractivity contribution >= 4 is 17.6 Å². The van der Waals surface area contributed by atoms with E-state index in [9.17, 15) is 14.4 Å². The number of amides is 2. The summed E-state index contributed by atoms with van der Waals surface area (Å²) in [6.07, 6.45) is 0.0877. The average Bonchev–Trinajstić information content (AvgIpc) is 2.33. The molecule has 0 radical (unpaired) electrons. The Labute approximate surface area is 106 Å². The van der Waals surface area contributed by atoms with E-state index in [0.29, 0.717) is 0 Å². The first-order valence-corrected chi connectivity index (χ1v) is 5.85. The summed E-state index contributed by atoms with van der Waals surface area (Å²) in [5.41, 5.74) is -0.0341. The van der Waals surface area contributed by atoms with Gasteiger partial charge in [-0.3, -0.25) is 19.3 Å². The Morgan fingerprint density at radius 1 is 1.11 bits per heavy atom. The molecule has 2 amide bonds. The largest absolute Gasteiger partial charge is 0.297 e. The van der Waals surface area contributed by atoms with Gasteiger partial charge in [0.1, 0.15) is 0 Å². The maximum Gasteiger partial charge on any atom is 0.297 e. The zero-order valence-corrected chi connectivity index (χ0v) is 10.5. The third-order valence-corrected chi connectivity index (χ3v) is 3.13. The van der Waals surface area contributed by atoms with Crippen LogP contribution in [0.3, 0.4) is 0 Å². The smallest absolute Gasteiger partial charge is 0.288 e. The fraction of sp³-hybridized carbons (Fsp3) is 0.357. The molecule has 1 aliphatic heterocycles. The van der Waals surface area contributed by atoms with Gasteiger partial charge < -0.3 is 0 Å². The van der Waals surface area contributed by atoms with Gasteiger partial charge in [0.2, 0.25) is 11.7 Å². The second kappa shape index (κ2) is 4.37. The van der Waals surface area contributed by atoms with Gasteiger partial charge in [-0.05, 0) is 5.56 Å². The summed E-state index contributed by atoms with van der Waals surface area (Å²) in [6.45, 7) is 3.43. The molecule has 0 aromatic heterocycles. The van der Waals surface area contributed by atoms with Gasteiger partial charge in [-0.2, -0.15) is 0 Å². The highest BCUT2D eigenvalue weighted by Crippen LogP contribution is 2.29. The summed E-state index contributed by atoms with van der Waals surface area (Å²) in [4.78, 5) is 36.7.